The van der Waals surface area contributed by atoms with Crippen LogP contribution in [0.1, 0.15) is 17.3 Å². The Morgan fingerprint density at radius 2 is 1.71 bits per heavy atom. The van der Waals surface area contributed by atoms with Crippen LogP contribution in [0.25, 0.3) is 0 Å². The van der Waals surface area contributed by atoms with Gasteiger partial charge in [0.25, 0.3) is 5.91 Å². The summed E-state index contributed by atoms with van der Waals surface area (Å²) in [7, 11) is -3.42. The SMILES string of the molecule is CCS(=O)(=O)Nc1ccc(NC(=O)c2c(O)cc(F)cc2F)cc1. The molecule has 0 radical (unpaired) electrons. The topological polar surface area (TPSA) is 95.5 Å². The number of hydrogen-bond donors (Lipinski definition) is 3. The summed E-state index contributed by atoms with van der Waals surface area (Å²) in [4.78, 5) is 12.0. The first-order valence-corrected chi connectivity index (χ1v) is 8.47. The molecule has 9 heteroatoms. The van der Waals surface area contributed by atoms with Gasteiger partial charge in [0.1, 0.15) is 22.9 Å². The molecule has 0 unspecified atom stereocenters. The van der Waals surface area contributed by atoms with Crippen LogP contribution in [0.2, 0.25) is 0 Å². The fraction of sp³-hybridized carbons (Fsp3) is 0.133. The Morgan fingerprint density at radius 3 is 2.25 bits per heavy atom. The predicted molar refractivity (Wildman–Crippen MR) is 85.5 cm³/mol. The Bertz CT molecular complexity index is 845. The summed E-state index contributed by atoms with van der Waals surface area (Å²) >= 11 is 0. The number of halogens is 2. The van der Waals surface area contributed by atoms with Crippen LogP contribution in [0.4, 0.5) is 20.2 Å². The van der Waals surface area contributed by atoms with Crippen LogP contribution in [-0.2, 0) is 10.0 Å². The van der Waals surface area contributed by atoms with Gasteiger partial charge in [0.15, 0.2) is 0 Å². The number of hydrogen-bond acceptors (Lipinski definition) is 4. The van der Waals surface area contributed by atoms with Gasteiger partial charge in [-0.3, -0.25) is 9.52 Å². The molecule has 24 heavy (non-hydrogen) atoms. The van der Waals surface area contributed by atoms with Crippen LogP contribution in [0.15, 0.2) is 36.4 Å². The number of nitrogens with one attached hydrogen (secondary N) is 2. The first kappa shape index (κ1) is 17.7. The van der Waals surface area contributed by atoms with Gasteiger partial charge in [-0.1, -0.05) is 0 Å². The van der Waals surface area contributed by atoms with E-state index >= 15 is 0 Å². The fourth-order valence-electron chi connectivity index (χ4n) is 1.85. The van der Waals surface area contributed by atoms with E-state index in [0.29, 0.717) is 17.8 Å². The number of aromatic hydroxyl groups is 1. The molecule has 3 N–H and O–H groups in total. The van der Waals surface area contributed by atoms with Crippen LogP contribution < -0.4 is 10.0 Å². The number of carbonyl (C=O) groups is 1. The molecular weight excluding hydrogens is 342 g/mol. The van der Waals surface area contributed by atoms with Crippen molar-refractivity contribution in [3.63, 3.8) is 0 Å². The van der Waals surface area contributed by atoms with E-state index in [-0.39, 0.29) is 11.4 Å². The first-order valence-electron chi connectivity index (χ1n) is 6.82. The van der Waals surface area contributed by atoms with Crippen molar-refractivity contribution < 1.29 is 27.1 Å². The maximum Gasteiger partial charge on any atom is 0.262 e. The van der Waals surface area contributed by atoms with Gasteiger partial charge in [0.05, 0.1) is 5.75 Å². The molecule has 1 amide bonds. The zero-order valence-electron chi connectivity index (χ0n) is 12.5. The molecule has 2 rings (SSSR count). The third kappa shape index (κ3) is 4.19. The van der Waals surface area contributed by atoms with Gasteiger partial charge < -0.3 is 10.4 Å². The Hall–Kier alpha value is -2.68. The quantitative estimate of drug-likeness (QED) is 0.767. The van der Waals surface area contributed by atoms with E-state index in [0.717, 1.165) is 0 Å². The Kier molecular flexibility index (Phi) is 5.03. The second kappa shape index (κ2) is 6.83. The summed E-state index contributed by atoms with van der Waals surface area (Å²) in [5.41, 5.74) is -0.152. The number of rotatable bonds is 5. The van der Waals surface area contributed by atoms with E-state index in [1.54, 1.807) is 0 Å². The molecule has 0 spiro atoms. The van der Waals surface area contributed by atoms with Gasteiger partial charge in [-0.25, -0.2) is 17.2 Å². The standard InChI is InChI=1S/C15H14F2N2O4S/c1-2-24(22,23)19-11-5-3-10(4-6-11)18-15(21)14-12(17)7-9(16)8-13(14)20/h3-8,19-20H,2H2,1H3,(H,18,21). The monoisotopic (exact) mass is 356 g/mol. The maximum absolute atomic E-state index is 13.6. The largest absolute Gasteiger partial charge is 0.507 e. The Labute approximate surface area is 137 Å². The molecule has 0 saturated heterocycles. The zero-order chi connectivity index (χ0) is 17.9. The lowest BCUT2D eigenvalue weighted by Gasteiger charge is -2.10. The molecular formula is C15H14F2N2O4S. The van der Waals surface area contributed by atoms with Crippen molar-refractivity contribution in [1.82, 2.24) is 0 Å². The normalized spacial score (nSPS) is 11.1. The van der Waals surface area contributed by atoms with Gasteiger partial charge in [-0.15, -0.1) is 0 Å². The van der Waals surface area contributed by atoms with Crippen molar-refractivity contribution in [3.8, 4) is 5.75 Å². The summed E-state index contributed by atoms with van der Waals surface area (Å²) < 4.78 is 51.7. The number of anilines is 2. The highest BCUT2D eigenvalue weighted by Gasteiger charge is 2.18. The van der Waals surface area contributed by atoms with Crippen LogP contribution in [0, 0.1) is 11.6 Å². The van der Waals surface area contributed by atoms with Gasteiger partial charge in [-0.05, 0) is 31.2 Å². The van der Waals surface area contributed by atoms with Crippen LogP contribution in [0.3, 0.4) is 0 Å². The third-order valence-corrected chi connectivity index (χ3v) is 4.36. The van der Waals surface area contributed by atoms with E-state index in [1.165, 1.54) is 31.2 Å². The molecule has 0 aliphatic carbocycles. The number of carbonyl (C=O) groups excluding carboxylic acids is 1. The second-order valence-corrected chi connectivity index (χ2v) is 6.83. The average molecular weight is 356 g/mol. The van der Waals surface area contributed by atoms with E-state index in [9.17, 15) is 27.1 Å². The molecule has 0 atom stereocenters. The second-order valence-electron chi connectivity index (χ2n) is 4.82. The van der Waals surface area contributed by atoms with Crippen molar-refractivity contribution in [2.75, 3.05) is 15.8 Å². The average Bonchev–Trinajstić information content (AvgIpc) is 2.48. The summed E-state index contributed by atoms with van der Waals surface area (Å²) in [6.45, 7) is 1.49. The fourth-order valence-corrected chi connectivity index (χ4v) is 2.49. The van der Waals surface area contributed by atoms with Crippen molar-refractivity contribution in [3.05, 3.63) is 53.6 Å². The van der Waals surface area contributed by atoms with Gasteiger partial charge in [-0.2, -0.15) is 0 Å². The number of benzene rings is 2. The lowest BCUT2D eigenvalue weighted by Crippen LogP contribution is -2.15. The van der Waals surface area contributed by atoms with E-state index in [4.69, 9.17) is 0 Å². The zero-order valence-corrected chi connectivity index (χ0v) is 13.3. The van der Waals surface area contributed by atoms with Crippen molar-refractivity contribution in [2.45, 2.75) is 6.92 Å². The van der Waals surface area contributed by atoms with E-state index in [1.807, 2.05) is 0 Å². The first-order chi connectivity index (χ1) is 11.2. The molecule has 0 aliphatic rings. The van der Waals surface area contributed by atoms with Crippen molar-refractivity contribution in [2.24, 2.45) is 0 Å². The van der Waals surface area contributed by atoms with Gasteiger partial charge >= 0.3 is 0 Å². The maximum atomic E-state index is 13.6. The minimum atomic E-state index is -3.42. The van der Waals surface area contributed by atoms with Crippen LogP contribution >= 0.6 is 0 Å². The van der Waals surface area contributed by atoms with Gasteiger partial charge in [0.2, 0.25) is 10.0 Å². The number of phenolic OH excluding ortho intramolecular Hbond substituents is 1. The summed E-state index contributed by atoms with van der Waals surface area (Å²) in [6, 6.07) is 6.71. The lowest BCUT2D eigenvalue weighted by atomic mass is 10.1. The number of amides is 1. The van der Waals surface area contributed by atoms with Crippen LogP contribution in [0.5, 0.6) is 5.75 Å². The van der Waals surface area contributed by atoms with Crippen molar-refractivity contribution in [1.29, 1.82) is 0 Å². The Balaban J connectivity index is 2.16. The summed E-state index contributed by atoms with van der Waals surface area (Å²) in [5.74, 6) is -4.08. The van der Waals surface area contributed by atoms with Crippen molar-refractivity contribution >= 4 is 27.3 Å². The molecule has 0 heterocycles. The highest BCUT2D eigenvalue weighted by molar-refractivity contribution is 7.92. The third-order valence-electron chi connectivity index (χ3n) is 3.06. The highest BCUT2D eigenvalue weighted by atomic mass is 32.2. The summed E-state index contributed by atoms with van der Waals surface area (Å²) in [5, 5.41) is 11.8. The molecule has 0 fully saturated rings. The number of sulfonamides is 1. The minimum Gasteiger partial charge on any atom is -0.507 e. The highest BCUT2D eigenvalue weighted by Crippen LogP contribution is 2.23. The molecule has 0 saturated carbocycles. The molecule has 0 aromatic heterocycles. The van der Waals surface area contributed by atoms with E-state index in [2.05, 4.69) is 10.0 Å². The smallest absolute Gasteiger partial charge is 0.262 e. The lowest BCUT2D eigenvalue weighted by molar-refractivity contribution is 0.102. The van der Waals surface area contributed by atoms with E-state index < -0.39 is 38.9 Å². The number of phenols is 1. The summed E-state index contributed by atoms with van der Waals surface area (Å²) in [6.07, 6.45) is 0. The Morgan fingerprint density at radius 1 is 1.12 bits per heavy atom. The predicted octanol–water partition coefficient (Wildman–Crippen LogP) is 2.68. The van der Waals surface area contributed by atoms with Crippen LogP contribution in [-0.4, -0.2) is 25.2 Å². The molecule has 6 nitrogen and oxygen atoms in total. The molecule has 0 aliphatic heterocycles. The van der Waals surface area contributed by atoms with Gasteiger partial charge in [0, 0.05) is 23.5 Å². The molecule has 2 aromatic rings. The molecule has 2 aromatic carbocycles. The molecule has 0 bridgehead atoms. The minimum absolute atomic E-state index is 0.0887. The molecule has 128 valence electrons.